The molecular formula is C36H58N4O16. The van der Waals surface area contributed by atoms with Gasteiger partial charge in [-0.2, -0.15) is 0 Å². The SMILES string of the molecule is CC(=O)N[C@H]1[C@@H](O[C@@H]2O[C@H](C[C@@H](O)[C@H]3O[C@@H](n4ccc(=O)[nH]c4=O)[C@H](O)[C@@H]3O)[C@H](O)[C@H](O)[C@H]2NC(=O)/C=C/CCCCCCCC(C)C)O[C@H](CO)[C@@H](O)[C@@H]1O. The summed E-state index contributed by atoms with van der Waals surface area (Å²) in [5.74, 6) is -0.694. The number of nitrogens with one attached hydrogen (secondary N) is 3. The molecule has 0 aliphatic carbocycles. The van der Waals surface area contributed by atoms with Gasteiger partial charge in [-0.15, -0.1) is 0 Å². The van der Waals surface area contributed by atoms with Crippen molar-refractivity contribution in [2.45, 2.75) is 164 Å². The van der Waals surface area contributed by atoms with E-state index in [0.29, 0.717) is 12.3 Å². The van der Waals surface area contributed by atoms with Gasteiger partial charge in [0.05, 0.1) is 18.8 Å². The number of aliphatic hydroxyl groups excluding tert-OH is 8. The lowest BCUT2D eigenvalue weighted by molar-refractivity contribution is -0.346. The number of allylic oxidation sites excluding steroid dienone is 1. The number of amides is 2. The van der Waals surface area contributed by atoms with Gasteiger partial charge < -0.3 is 70.4 Å². The number of hydrogen-bond donors (Lipinski definition) is 11. The molecule has 1 aromatic rings. The third-order valence-electron chi connectivity index (χ3n) is 10.2. The van der Waals surface area contributed by atoms with Crippen molar-refractivity contribution in [3.63, 3.8) is 0 Å². The Morgan fingerprint density at radius 2 is 1.46 bits per heavy atom. The number of ether oxygens (including phenoxy) is 4. The van der Waals surface area contributed by atoms with Crippen LogP contribution in [0.4, 0.5) is 0 Å². The van der Waals surface area contributed by atoms with Crippen LogP contribution < -0.4 is 21.9 Å². The number of rotatable bonds is 18. The van der Waals surface area contributed by atoms with E-state index in [0.717, 1.165) is 55.9 Å². The van der Waals surface area contributed by atoms with E-state index in [-0.39, 0.29) is 0 Å². The van der Waals surface area contributed by atoms with Crippen molar-refractivity contribution in [1.29, 1.82) is 0 Å². The average molecular weight is 803 g/mol. The molecule has 3 aliphatic heterocycles. The Labute approximate surface area is 323 Å². The molecular weight excluding hydrogens is 744 g/mol. The molecule has 3 aliphatic rings. The third kappa shape index (κ3) is 11.7. The molecule has 11 N–H and O–H groups in total. The lowest BCUT2D eigenvalue weighted by atomic mass is 9.91. The van der Waals surface area contributed by atoms with Crippen LogP contribution in [0.2, 0.25) is 0 Å². The van der Waals surface area contributed by atoms with E-state index < -0.39 is 128 Å². The number of carbonyl (C=O) groups excluding carboxylic acids is 2. The summed E-state index contributed by atoms with van der Waals surface area (Å²) < 4.78 is 24.1. The molecule has 1 aromatic heterocycles. The molecule has 0 bridgehead atoms. The van der Waals surface area contributed by atoms with Gasteiger partial charge in [0.15, 0.2) is 18.8 Å². The van der Waals surface area contributed by atoms with Gasteiger partial charge in [-0.1, -0.05) is 52.0 Å². The lowest BCUT2D eigenvalue weighted by Gasteiger charge is -2.47. The van der Waals surface area contributed by atoms with Gasteiger partial charge in [0.1, 0.15) is 60.9 Å². The number of aromatic nitrogens is 2. The molecule has 15 atom stereocenters. The van der Waals surface area contributed by atoms with E-state index >= 15 is 0 Å². The summed E-state index contributed by atoms with van der Waals surface area (Å²) in [5, 5.41) is 91.2. The summed E-state index contributed by atoms with van der Waals surface area (Å²) in [6.45, 7) is 4.72. The Morgan fingerprint density at radius 1 is 0.857 bits per heavy atom. The normalized spacial score (nSPS) is 35.5. The first kappa shape index (κ1) is 45.6. The molecule has 20 heteroatoms. The number of aliphatic hydroxyl groups is 8. The summed E-state index contributed by atoms with van der Waals surface area (Å²) in [4.78, 5) is 51.0. The zero-order chi connectivity index (χ0) is 41.3. The summed E-state index contributed by atoms with van der Waals surface area (Å²) in [5.41, 5.74) is -1.69. The Balaban J connectivity index is 1.50. The Hall–Kier alpha value is -3.12. The quantitative estimate of drug-likeness (QED) is 0.0513. The van der Waals surface area contributed by atoms with Crippen molar-refractivity contribution in [3.8, 4) is 0 Å². The zero-order valence-electron chi connectivity index (χ0n) is 31.7. The van der Waals surface area contributed by atoms with Crippen molar-refractivity contribution in [3.05, 3.63) is 45.3 Å². The average Bonchev–Trinajstić information content (AvgIpc) is 3.43. The second kappa shape index (κ2) is 21.0. The molecule has 318 valence electrons. The van der Waals surface area contributed by atoms with Crippen LogP contribution >= 0.6 is 0 Å². The van der Waals surface area contributed by atoms with Gasteiger partial charge in [-0.25, -0.2) is 4.79 Å². The van der Waals surface area contributed by atoms with E-state index in [1.54, 1.807) is 6.08 Å². The second-order valence-electron chi connectivity index (χ2n) is 15.1. The third-order valence-corrected chi connectivity index (χ3v) is 10.2. The zero-order valence-corrected chi connectivity index (χ0v) is 31.7. The summed E-state index contributed by atoms with van der Waals surface area (Å²) in [7, 11) is 0. The topological polar surface area (TPSA) is 312 Å². The first-order valence-corrected chi connectivity index (χ1v) is 19.1. The molecule has 3 saturated heterocycles. The molecule has 0 unspecified atom stereocenters. The highest BCUT2D eigenvalue weighted by Crippen LogP contribution is 2.34. The van der Waals surface area contributed by atoms with E-state index in [9.17, 15) is 60.0 Å². The molecule has 0 radical (unpaired) electrons. The predicted molar refractivity (Wildman–Crippen MR) is 193 cm³/mol. The Morgan fingerprint density at radius 3 is 2.09 bits per heavy atom. The fourth-order valence-electron chi connectivity index (χ4n) is 7.10. The van der Waals surface area contributed by atoms with Crippen LogP contribution in [0, 0.1) is 5.92 Å². The maximum absolute atomic E-state index is 13.1. The van der Waals surface area contributed by atoms with E-state index in [1.807, 2.05) is 4.98 Å². The van der Waals surface area contributed by atoms with E-state index in [2.05, 4.69) is 24.5 Å². The van der Waals surface area contributed by atoms with Gasteiger partial charge in [0.2, 0.25) is 11.8 Å². The summed E-state index contributed by atoms with van der Waals surface area (Å²) >= 11 is 0. The standard InChI is InChI=1S/C36H58N4O16/c1-17(2)11-9-7-5-4-6-8-10-12-22(44)38-25-29(49)26(46)20(53-35(25)56-34-24(37-18(3)42)28(48)27(47)21(16-41)54-34)15-19(43)32-30(50)31(51)33(55-32)40-14-13-23(45)39-36(40)52/h10,12-14,17,19-21,24-35,41,43,46-51H,4-9,11,15-16H2,1-3H3,(H,37,42)(H,38,44)(H,39,45,52)/b12-10+/t19-,20-,21-,24-,25-,26+,27-,28-,29-,30+,31-,32-,33-,34-,35+/m1/s1. The maximum atomic E-state index is 13.1. The number of H-pyrrole nitrogens is 1. The van der Waals surface area contributed by atoms with Crippen molar-refractivity contribution in [2.75, 3.05) is 6.61 Å². The number of unbranched alkanes of at least 4 members (excludes halogenated alkanes) is 5. The molecule has 0 spiro atoms. The van der Waals surface area contributed by atoms with Crippen molar-refractivity contribution in [1.82, 2.24) is 20.2 Å². The van der Waals surface area contributed by atoms with Crippen molar-refractivity contribution in [2.24, 2.45) is 5.92 Å². The Bertz CT molecular complexity index is 1560. The monoisotopic (exact) mass is 802 g/mol. The maximum Gasteiger partial charge on any atom is 0.330 e. The number of hydrogen-bond acceptors (Lipinski definition) is 16. The van der Waals surface area contributed by atoms with Crippen LogP contribution in [0.3, 0.4) is 0 Å². The molecule has 0 aromatic carbocycles. The van der Waals surface area contributed by atoms with Crippen LogP contribution in [0.25, 0.3) is 0 Å². The van der Waals surface area contributed by atoms with E-state index in [4.69, 9.17) is 18.9 Å². The summed E-state index contributed by atoms with van der Waals surface area (Å²) in [6, 6.07) is -2.01. The molecule has 3 fully saturated rings. The molecule has 56 heavy (non-hydrogen) atoms. The number of nitrogens with zero attached hydrogens (tertiary/aromatic N) is 1. The predicted octanol–water partition coefficient (Wildman–Crippen LogP) is -3.26. The first-order valence-electron chi connectivity index (χ1n) is 19.1. The Kier molecular flexibility index (Phi) is 17.1. The van der Waals surface area contributed by atoms with Crippen molar-refractivity contribution < 1.29 is 69.4 Å². The molecule has 2 amide bonds. The molecule has 20 nitrogen and oxygen atoms in total. The number of carbonyl (C=O) groups is 2. The summed E-state index contributed by atoms with van der Waals surface area (Å²) in [6.07, 6.45) is -11.5. The highest BCUT2D eigenvalue weighted by Gasteiger charge is 2.53. The second-order valence-corrected chi connectivity index (χ2v) is 15.1. The van der Waals surface area contributed by atoms with Gasteiger partial charge in [-0.05, 0) is 24.8 Å². The molecule has 0 saturated carbocycles. The highest BCUT2D eigenvalue weighted by atomic mass is 16.8. The fraction of sp³-hybridized carbons (Fsp3) is 0.778. The number of aromatic amines is 1. The smallest absolute Gasteiger partial charge is 0.330 e. The van der Waals surface area contributed by atoms with Crippen LogP contribution in [0.15, 0.2) is 34.0 Å². The van der Waals surface area contributed by atoms with Gasteiger partial charge in [-0.3, -0.25) is 23.9 Å². The minimum absolute atomic E-state index is 0.598. The minimum Gasteiger partial charge on any atom is -0.394 e. The largest absolute Gasteiger partial charge is 0.394 e. The minimum atomic E-state index is -1.85. The van der Waals surface area contributed by atoms with Crippen molar-refractivity contribution >= 4 is 11.8 Å². The lowest BCUT2D eigenvalue weighted by Crippen LogP contribution is -2.68. The van der Waals surface area contributed by atoms with Crippen LogP contribution in [-0.4, -0.2) is 155 Å². The van der Waals surface area contributed by atoms with E-state index in [1.165, 1.54) is 12.5 Å². The van der Waals surface area contributed by atoms with Gasteiger partial charge >= 0.3 is 5.69 Å². The van der Waals surface area contributed by atoms with Crippen LogP contribution in [0.1, 0.15) is 78.4 Å². The van der Waals surface area contributed by atoms with Gasteiger partial charge in [0, 0.05) is 25.6 Å². The molecule has 4 heterocycles. The fourth-order valence-corrected chi connectivity index (χ4v) is 7.10. The first-order chi connectivity index (χ1) is 26.5. The highest BCUT2D eigenvalue weighted by molar-refractivity contribution is 5.87. The van der Waals surface area contributed by atoms with Crippen LogP contribution in [0.5, 0.6) is 0 Å². The van der Waals surface area contributed by atoms with Gasteiger partial charge in [0.25, 0.3) is 5.56 Å². The molecule has 4 rings (SSSR count). The van der Waals surface area contributed by atoms with Crippen LogP contribution in [-0.2, 0) is 28.5 Å².